The number of amides is 2. The number of methoxy groups -OCH3 is 1. The lowest BCUT2D eigenvalue weighted by Crippen LogP contribution is -2.57. The van der Waals surface area contributed by atoms with Gasteiger partial charge in [-0.05, 0) is 45.7 Å². The number of anilines is 1. The van der Waals surface area contributed by atoms with Crippen LogP contribution in [0.4, 0.5) is 5.69 Å². The van der Waals surface area contributed by atoms with Crippen LogP contribution in [-0.2, 0) is 9.59 Å². The zero-order valence-electron chi connectivity index (χ0n) is 22.3. The number of rotatable bonds is 10. The largest absolute Gasteiger partial charge is 0.497 e. The van der Waals surface area contributed by atoms with Crippen molar-refractivity contribution in [3.05, 3.63) is 66.4 Å². The lowest BCUT2D eigenvalue weighted by atomic mass is 10.0. The first-order valence-electron chi connectivity index (χ1n) is 12.8. The van der Waals surface area contributed by atoms with Gasteiger partial charge in [-0.3, -0.25) is 19.4 Å². The van der Waals surface area contributed by atoms with Crippen LogP contribution >= 0.6 is 0 Å². The fraction of sp³-hybridized carbons (Fsp3) is 0.379. The van der Waals surface area contributed by atoms with Crippen molar-refractivity contribution in [3.63, 3.8) is 0 Å². The molecule has 200 valence electrons. The number of ether oxygens (including phenoxy) is 1. The highest BCUT2D eigenvalue weighted by atomic mass is 16.5. The number of fused-ring (bicyclic) bond motifs is 1. The van der Waals surface area contributed by atoms with Crippen LogP contribution in [0.1, 0.15) is 44.0 Å². The van der Waals surface area contributed by atoms with Gasteiger partial charge in [0.05, 0.1) is 18.3 Å². The Kier molecular flexibility index (Phi) is 7.97. The van der Waals surface area contributed by atoms with E-state index in [1.807, 2.05) is 38.1 Å². The number of Topliss-reactive ketones (excluding diaryl/α,β-unsaturated/α-hetero) is 1. The average molecular weight is 518 g/mol. The van der Waals surface area contributed by atoms with Gasteiger partial charge in [0.25, 0.3) is 0 Å². The molecule has 2 atom stereocenters. The Bertz CT molecular complexity index is 1330. The third-order valence-electron chi connectivity index (χ3n) is 7.12. The van der Waals surface area contributed by atoms with Crippen molar-refractivity contribution in [3.8, 4) is 5.75 Å². The van der Waals surface area contributed by atoms with Crippen LogP contribution in [0, 0.1) is 0 Å². The van der Waals surface area contributed by atoms with Gasteiger partial charge in [0, 0.05) is 35.8 Å². The molecule has 1 fully saturated rings. The number of nitrogens with two attached hydrogens (primary N) is 1. The van der Waals surface area contributed by atoms with E-state index in [1.165, 1.54) is 4.90 Å². The molecule has 0 aliphatic carbocycles. The number of hydrogen-bond donors (Lipinski definition) is 2. The molecule has 1 aromatic heterocycles. The van der Waals surface area contributed by atoms with Crippen LogP contribution in [0.25, 0.3) is 10.9 Å². The summed E-state index contributed by atoms with van der Waals surface area (Å²) in [5.41, 5.74) is 7.29. The molecule has 9 heteroatoms. The zero-order valence-corrected chi connectivity index (χ0v) is 22.3. The van der Waals surface area contributed by atoms with Gasteiger partial charge in [0.1, 0.15) is 24.0 Å². The lowest BCUT2D eigenvalue weighted by Gasteiger charge is -2.38. The maximum atomic E-state index is 13.2. The van der Waals surface area contributed by atoms with Gasteiger partial charge in [-0.1, -0.05) is 36.4 Å². The highest BCUT2D eigenvalue weighted by molar-refractivity contribution is 6.14. The summed E-state index contributed by atoms with van der Waals surface area (Å²) in [5, 5.41) is 4.51. The molecule has 0 radical (unpaired) electrons. The molecule has 1 unspecified atom stereocenters. The molecule has 4 rings (SSSR count). The Morgan fingerprint density at radius 2 is 1.89 bits per heavy atom. The minimum atomic E-state index is -1.36. The van der Waals surface area contributed by atoms with Crippen molar-refractivity contribution < 1.29 is 19.1 Å². The monoisotopic (exact) mass is 517 g/mol. The fourth-order valence-corrected chi connectivity index (χ4v) is 4.96. The van der Waals surface area contributed by atoms with Crippen molar-refractivity contribution >= 4 is 34.2 Å². The topological polar surface area (TPSA) is 118 Å². The van der Waals surface area contributed by atoms with E-state index in [0.29, 0.717) is 12.1 Å². The van der Waals surface area contributed by atoms with E-state index in [4.69, 9.17) is 10.5 Å². The lowest BCUT2D eigenvalue weighted by molar-refractivity contribution is -0.138. The molecule has 0 saturated carbocycles. The minimum absolute atomic E-state index is 0.0998. The Labute approximate surface area is 223 Å². The molecule has 3 N–H and O–H groups in total. The first-order chi connectivity index (χ1) is 18.1. The summed E-state index contributed by atoms with van der Waals surface area (Å²) >= 11 is 0. The molecule has 2 amide bonds. The number of ketones is 1. The number of nitrogens with zero attached hydrogens (tertiary/aromatic N) is 3. The van der Waals surface area contributed by atoms with E-state index in [2.05, 4.69) is 17.2 Å². The van der Waals surface area contributed by atoms with Crippen molar-refractivity contribution in [2.75, 3.05) is 25.5 Å². The molecule has 2 heterocycles. The van der Waals surface area contributed by atoms with Crippen LogP contribution in [0.3, 0.4) is 0 Å². The first-order valence-corrected chi connectivity index (χ1v) is 12.8. The van der Waals surface area contributed by atoms with Gasteiger partial charge in [-0.15, -0.1) is 0 Å². The summed E-state index contributed by atoms with van der Waals surface area (Å²) in [6.07, 6.45) is 3.26. The Balaban J connectivity index is 1.37. The number of benzene rings is 2. The normalized spacial score (nSPS) is 16.4. The molecule has 1 saturated heterocycles. The van der Waals surface area contributed by atoms with E-state index in [-0.39, 0.29) is 18.5 Å². The number of hydrogen-bond acceptors (Lipinski definition) is 7. The number of carbonyl (C=O) groups excluding carboxylic acids is 3. The predicted octanol–water partition coefficient (Wildman–Crippen LogP) is 3.44. The van der Waals surface area contributed by atoms with Gasteiger partial charge in [-0.2, -0.15) is 0 Å². The van der Waals surface area contributed by atoms with Crippen LogP contribution < -0.4 is 15.8 Å². The maximum absolute atomic E-state index is 13.2. The Hall–Kier alpha value is -3.98. The van der Waals surface area contributed by atoms with Crippen molar-refractivity contribution in [2.45, 2.75) is 51.4 Å². The zero-order chi connectivity index (χ0) is 27.4. The van der Waals surface area contributed by atoms with Crippen molar-refractivity contribution in [2.24, 2.45) is 5.73 Å². The predicted molar refractivity (Wildman–Crippen MR) is 147 cm³/mol. The maximum Gasteiger partial charge on any atom is 0.249 e. The van der Waals surface area contributed by atoms with Crippen LogP contribution in [0.2, 0.25) is 0 Å². The fourth-order valence-electron chi connectivity index (χ4n) is 4.96. The SMILES string of the molecule is COc1cc(NC(C)CCCN2C(=O)CN(C(=O)[C@@H](N)C(=O)c3ccccc3)C2(C)C)c2ncccc2c1. The van der Waals surface area contributed by atoms with Crippen LogP contribution in [-0.4, -0.2) is 70.3 Å². The van der Waals surface area contributed by atoms with Gasteiger partial charge < -0.3 is 25.6 Å². The third-order valence-corrected chi connectivity index (χ3v) is 7.12. The molecule has 0 bridgehead atoms. The average Bonchev–Trinajstić information content (AvgIpc) is 3.15. The summed E-state index contributed by atoms with van der Waals surface area (Å²) < 4.78 is 5.44. The van der Waals surface area contributed by atoms with Crippen molar-refractivity contribution in [1.82, 2.24) is 14.8 Å². The van der Waals surface area contributed by atoms with E-state index in [0.717, 1.165) is 35.2 Å². The highest BCUT2D eigenvalue weighted by Gasteiger charge is 2.48. The Morgan fingerprint density at radius 1 is 1.16 bits per heavy atom. The van der Waals surface area contributed by atoms with Gasteiger partial charge in [-0.25, -0.2) is 0 Å². The summed E-state index contributed by atoms with van der Waals surface area (Å²) in [7, 11) is 1.64. The summed E-state index contributed by atoms with van der Waals surface area (Å²) in [4.78, 5) is 46.5. The second kappa shape index (κ2) is 11.2. The van der Waals surface area contributed by atoms with Gasteiger partial charge in [0.15, 0.2) is 5.78 Å². The van der Waals surface area contributed by atoms with E-state index in [9.17, 15) is 14.4 Å². The Morgan fingerprint density at radius 3 is 2.61 bits per heavy atom. The number of carbonyl (C=O) groups is 3. The molecule has 0 spiro atoms. The summed E-state index contributed by atoms with van der Waals surface area (Å²) in [6, 6.07) is 15.0. The van der Waals surface area contributed by atoms with Crippen LogP contribution in [0.5, 0.6) is 5.75 Å². The molecule has 1 aliphatic heterocycles. The number of aromatic nitrogens is 1. The quantitative estimate of drug-likeness (QED) is 0.312. The van der Waals surface area contributed by atoms with E-state index >= 15 is 0 Å². The van der Waals surface area contributed by atoms with Crippen molar-refractivity contribution in [1.29, 1.82) is 0 Å². The number of pyridine rings is 1. The number of nitrogens with one attached hydrogen (secondary N) is 1. The van der Waals surface area contributed by atoms with Crippen LogP contribution in [0.15, 0.2) is 60.8 Å². The molecular weight excluding hydrogens is 482 g/mol. The summed E-state index contributed by atoms with van der Waals surface area (Å²) in [6.45, 7) is 6.07. The van der Waals surface area contributed by atoms with E-state index < -0.39 is 23.4 Å². The smallest absolute Gasteiger partial charge is 0.249 e. The molecule has 1 aliphatic rings. The second-order valence-corrected chi connectivity index (χ2v) is 10.1. The third kappa shape index (κ3) is 5.47. The van der Waals surface area contributed by atoms with Gasteiger partial charge >= 0.3 is 0 Å². The van der Waals surface area contributed by atoms with E-state index in [1.54, 1.807) is 48.5 Å². The second-order valence-electron chi connectivity index (χ2n) is 10.1. The first kappa shape index (κ1) is 27.1. The summed E-state index contributed by atoms with van der Waals surface area (Å²) in [5.74, 6) is -0.423. The van der Waals surface area contributed by atoms with Gasteiger partial charge in [0.2, 0.25) is 11.8 Å². The highest BCUT2D eigenvalue weighted by Crippen LogP contribution is 2.30. The molecule has 9 nitrogen and oxygen atoms in total. The molecule has 2 aromatic carbocycles. The molecule has 3 aromatic rings. The standard InChI is InChI=1S/C29H35N5O4/c1-19(32-23-17-22(38-4)16-21-13-8-14-31-26(21)23)10-9-15-33-24(35)18-34(29(33,2)3)28(37)25(30)27(36)20-11-6-5-7-12-20/h5-8,11-14,16-17,19,25,32H,9-10,15,18,30H2,1-4H3/t19?,25-/m0/s1. The molecule has 38 heavy (non-hydrogen) atoms. The molecular formula is C29H35N5O4. The minimum Gasteiger partial charge on any atom is -0.497 e.